The van der Waals surface area contributed by atoms with Crippen LogP contribution in [0.25, 0.3) is 0 Å². The molecule has 1 N–H and O–H groups in total. The van der Waals surface area contributed by atoms with Crippen molar-refractivity contribution in [2.45, 2.75) is 31.1 Å². The van der Waals surface area contributed by atoms with Gasteiger partial charge in [-0.1, -0.05) is 24.6 Å². The lowest BCUT2D eigenvalue weighted by Gasteiger charge is -2.29. The Hall–Kier alpha value is -0.410. The zero-order valence-electron chi connectivity index (χ0n) is 8.74. The predicted octanol–water partition coefficient (Wildman–Crippen LogP) is 3.43. The summed E-state index contributed by atoms with van der Waals surface area (Å²) < 4.78 is 0. The first-order chi connectivity index (χ1) is 7.25. The van der Waals surface area contributed by atoms with E-state index in [1.165, 1.54) is 18.6 Å². The summed E-state index contributed by atoms with van der Waals surface area (Å²) in [5.74, 6) is 2.17. The van der Waals surface area contributed by atoms with Crippen molar-refractivity contribution >= 4 is 29.2 Å². The minimum atomic E-state index is 0.523. The lowest BCUT2D eigenvalue weighted by Crippen LogP contribution is -2.33. The molecule has 4 heteroatoms. The van der Waals surface area contributed by atoms with Gasteiger partial charge in [-0.25, -0.2) is 4.98 Å². The van der Waals surface area contributed by atoms with Crippen LogP contribution in [-0.4, -0.2) is 22.0 Å². The van der Waals surface area contributed by atoms with Crippen LogP contribution in [0, 0.1) is 0 Å². The van der Waals surface area contributed by atoms with Crippen LogP contribution in [0.2, 0.25) is 5.15 Å². The van der Waals surface area contributed by atoms with Crippen LogP contribution in [0.1, 0.15) is 19.8 Å². The van der Waals surface area contributed by atoms with E-state index < -0.39 is 0 Å². The molecular weight excluding hydrogens is 228 g/mol. The van der Waals surface area contributed by atoms with Crippen molar-refractivity contribution in [1.82, 2.24) is 4.98 Å². The Kier molecular flexibility index (Phi) is 3.76. The molecule has 2 nitrogen and oxygen atoms in total. The van der Waals surface area contributed by atoms with E-state index in [0.29, 0.717) is 16.4 Å². The van der Waals surface area contributed by atoms with Gasteiger partial charge in [-0.05, 0) is 30.7 Å². The first-order valence-corrected chi connectivity index (χ1v) is 6.69. The molecule has 0 bridgehead atoms. The molecule has 15 heavy (non-hydrogen) atoms. The Labute approximate surface area is 99.8 Å². The number of hydrogen-bond acceptors (Lipinski definition) is 3. The number of aromatic nitrogens is 1. The van der Waals surface area contributed by atoms with Crippen molar-refractivity contribution in [2.24, 2.45) is 0 Å². The van der Waals surface area contributed by atoms with E-state index in [0.717, 1.165) is 5.82 Å². The molecule has 1 saturated heterocycles. The molecule has 1 fully saturated rings. The number of hydrogen-bond donors (Lipinski definition) is 1. The van der Waals surface area contributed by atoms with Crippen LogP contribution in [0.15, 0.2) is 18.2 Å². The van der Waals surface area contributed by atoms with Gasteiger partial charge in [0.05, 0.1) is 0 Å². The summed E-state index contributed by atoms with van der Waals surface area (Å²) in [4.78, 5) is 4.25. The lowest BCUT2D eigenvalue weighted by molar-refractivity contribution is 0.615. The highest BCUT2D eigenvalue weighted by Crippen LogP contribution is 2.27. The summed E-state index contributed by atoms with van der Waals surface area (Å²) in [7, 11) is 0. The molecule has 0 amide bonds. The maximum Gasteiger partial charge on any atom is 0.131 e. The van der Waals surface area contributed by atoms with Gasteiger partial charge in [0.15, 0.2) is 0 Å². The fraction of sp³-hybridized carbons (Fsp3) is 0.545. The van der Waals surface area contributed by atoms with Gasteiger partial charge in [-0.2, -0.15) is 11.8 Å². The second-order valence-corrected chi connectivity index (χ2v) is 5.69. The van der Waals surface area contributed by atoms with Gasteiger partial charge in [0, 0.05) is 11.3 Å². The smallest absolute Gasteiger partial charge is 0.131 e. The second kappa shape index (κ2) is 5.08. The Morgan fingerprint density at radius 3 is 3.13 bits per heavy atom. The number of anilines is 1. The Balaban J connectivity index is 2.01. The normalized spacial score (nSPS) is 26.3. The van der Waals surface area contributed by atoms with Gasteiger partial charge in [-0.15, -0.1) is 0 Å². The SMILES string of the molecule is CC1SCCCC1Nc1cccc(Cl)n1. The van der Waals surface area contributed by atoms with E-state index >= 15 is 0 Å². The van der Waals surface area contributed by atoms with E-state index in [1.54, 1.807) is 6.07 Å². The topological polar surface area (TPSA) is 24.9 Å². The average Bonchev–Trinajstić information content (AvgIpc) is 2.22. The molecule has 0 spiro atoms. The van der Waals surface area contributed by atoms with E-state index in [2.05, 4.69) is 17.2 Å². The molecule has 1 aromatic heterocycles. The van der Waals surface area contributed by atoms with Crippen molar-refractivity contribution in [3.05, 3.63) is 23.4 Å². The molecule has 0 saturated carbocycles. The van der Waals surface area contributed by atoms with E-state index in [-0.39, 0.29) is 0 Å². The Bertz CT molecular complexity index is 332. The van der Waals surface area contributed by atoms with Crippen LogP contribution < -0.4 is 5.32 Å². The minimum absolute atomic E-state index is 0.523. The fourth-order valence-corrected chi connectivity index (χ4v) is 3.10. The minimum Gasteiger partial charge on any atom is -0.366 e. The van der Waals surface area contributed by atoms with Crippen molar-refractivity contribution in [3.63, 3.8) is 0 Å². The molecule has 2 rings (SSSR count). The lowest BCUT2D eigenvalue weighted by atomic mass is 10.1. The Morgan fingerprint density at radius 1 is 1.53 bits per heavy atom. The molecule has 2 unspecified atom stereocenters. The standard InChI is InChI=1S/C11H15ClN2S/c1-8-9(4-3-7-15-8)13-11-6-2-5-10(12)14-11/h2,5-6,8-9H,3-4,7H2,1H3,(H,13,14). The molecule has 1 aromatic rings. The molecule has 2 heterocycles. The summed E-state index contributed by atoms with van der Waals surface area (Å²) in [6.45, 7) is 2.27. The van der Waals surface area contributed by atoms with Crippen molar-refractivity contribution in [2.75, 3.05) is 11.1 Å². The fourth-order valence-electron chi connectivity index (χ4n) is 1.79. The first kappa shape index (κ1) is 11.1. The van der Waals surface area contributed by atoms with E-state index in [4.69, 9.17) is 11.6 Å². The summed E-state index contributed by atoms with van der Waals surface area (Å²) in [6.07, 6.45) is 2.51. The third kappa shape index (κ3) is 3.02. The van der Waals surface area contributed by atoms with Gasteiger partial charge in [0.1, 0.15) is 11.0 Å². The molecule has 1 aliphatic heterocycles. The average molecular weight is 243 g/mol. The quantitative estimate of drug-likeness (QED) is 0.805. The summed E-state index contributed by atoms with van der Waals surface area (Å²) in [6, 6.07) is 6.22. The number of nitrogens with zero attached hydrogens (tertiary/aromatic N) is 1. The molecule has 0 aliphatic carbocycles. The highest BCUT2D eigenvalue weighted by atomic mass is 35.5. The van der Waals surface area contributed by atoms with Gasteiger partial charge in [-0.3, -0.25) is 0 Å². The summed E-state index contributed by atoms with van der Waals surface area (Å²) >= 11 is 7.87. The number of pyridine rings is 1. The number of nitrogens with one attached hydrogen (secondary N) is 1. The second-order valence-electron chi connectivity index (χ2n) is 3.81. The third-order valence-corrected chi connectivity index (χ3v) is 4.24. The maximum atomic E-state index is 5.84. The van der Waals surface area contributed by atoms with E-state index in [9.17, 15) is 0 Å². The van der Waals surface area contributed by atoms with Crippen molar-refractivity contribution < 1.29 is 0 Å². The van der Waals surface area contributed by atoms with Crippen LogP contribution in [0.3, 0.4) is 0 Å². The van der Waals surface area contributed by atoms with E-state index in [1.807, 2.05) is 23.9 Å². The number of thioether (sulfide) groups is 1. The first-order valence-electron chi connectivity index (χ1n) is 5.26. The van der Waals surface area contributed by atoms with Crippen molar-refractivity contribution in [1.29, 1.82) is 0 Å². The van der Waals surface area contributed by atoms with Crippen LogP contribution >= 0.6 is 23.4 Å². The molecular formula is C11H15ClN2S. The number of halogens is 1. The number of rotatable bonds is 2. The molecule has 0 aromatic carbocycles. The summed E-state index contributed by atoms with van der Waals surface area (Å²) in [5.41, 5.74) is 0. The van der Waals surface area contributed by atoms with Gasteiger partial charge in [0.2, 0.25) is 0 Å². The highest BCUT2D eigenvalue weighted by molar-refractivity contribution is 8.00. The monoisotopic (exact) mass is 242 g/mol. The third-order valence-electron chi connectivity index (χ3n) is 2.66. The Morgan fingerprint density at radius 2 is 2.40 bits per heavy atom. The van der Waals surface area contributed by atoms with Crippen LogP contribution in [0.5, 0.6) is 0 Å². The molecule has 82 valence electrons. The molecule has 0 radical (unpaired) electrons. The van der Waals surface area contributed by atoms with Crippen LogP contribution in [0.4, 0.5) is 5.82 Å². The van der Waals surface area contributed by atoms with Crippen molar-refractivity contribution in [3.8, 4) is 0 Å². The molecule has 1 aliphatic rings. The zero-order valence-corrected chi connectivity index (χ0v) is 10.3. The van der Waals surface area contributed by atoms with Crippen LogP contribution in [-0.2, 0) is 0 Å². The zero-order chi connectivity index (χ0) is 10.7. The molecule has 2 atom stereocenters. The maximum absolute atomic E-state index is 5.84. The predicted molar refractivity (Wildman–Crippen MR) is 67.8 cm³/mol. The summed E-state index contributed by atoms with van der Waals surface area (Å²) in [5, 5.41) is 4.66. The van der Waals surface area contributed by atoms with Gasteiger partial charge >= 0.3 is 0 Å². The van der Waals surface area contributed by atoms with Gasteiger partial charge in [0.25, 0.3) is 0 Å². The van der Waals surface area contributed by atoms with Gasteiger partial charge < -0.3 is 5.32 Å². The highest BCUT2D eigenvalue weighted by Gasteiger charge is 2.21. The largest absolute Gasteiger partial charge is 0.366 e.